The summed E-state index contributed by atoms with van der Waals surface area (Å²) in [7, 11) is 0. The molecule has 0 aliphatic carbocycles. The zero-order chi connectivity index (χ0) is 14.4. The van der Waals surface area contributed by atoms with E-state index in [9.17, 15) is 10.1 Å². The van der Waals surface area contributed by atoms with Gasteiger partial charge in [-0.25, -0.2) is 0 Å². The van der Waals surface area contributed by atoms with Crippen LogP contribution in [0.15, 0.2) is 18.2 Å². The maximum Gasteiger partial charge on any atom is 0.275 e. The van der Waals surface area contributed by atoms with Crippen LogP contribution < -0.4 is 10.1 Å². The average Bonchev–Trinajstić information content (AvgIpc) is 2.35. The van der Waals surface area contributed by atoms with Crippen molar-refractivity contribution in [3.8, 4) is 5.75 Å². The Labute approximate surface area is 114 Å². The molecule has 0 radical (unpaired) electrons. The van der Waals surface area contributed by atoms with E-state index in [1.807, 2.05) is 19.9 Å². The number of nitrogens with zero attached hydrogens (tertiary/aromatic N) is 1. The summed E-state index contributed by atoms with van der Waals surface area (Å²) in [5, 5.41) is 14.1. The van der Waals surface area contributed by atoms with E-state index in [0.717, 1.165) is 18.7 Å². The molecule has 0 bridgehead atoms. The van der Waals surface area contributed by atoms with Crippen molar-refractivity contribution in [2.75, 3.05) is 11.9 Å². The summed E-state index contributed by atoms with van der Waals surface area (Å²) >= 11 is 0. The normalized spacial score (nSPS) is 12.3. The Morgan fingerprint density at radius 2 is 2.00 bits per heavy atom. The Kier molecular flexibility index (Phi) is 5.60. The van der Waals surface area contributed by atoms with Crippen molar-refractivity contribution in [3.63, 3.8) is 0 Å². The third-order valence-electron chi connectivity index (χ3n) is 2.94. The SMILES string of the molecule is CCCNc1cc(OC(C)C(C)C)cc([N+](=O)[O-])c1. The summed E-state index contributed by atoms with van der Waals surface area (Å²) in [6, 6.07) is 4.81. The van der Waals surface area contributed by atoms with Crippen molar-refractivity contribution in [1.29, 1.82) is 0 Å². The first-order valence-corrected chi connectivity index (χ1v) is 6.64. The predicted octanol–water partition coefficient (Wildman–Crippen LogP) is 3.84. The first-order chi connectivity index (χ1) is 8.93. The maximum atomic E-state index is 10.9. The molecule has 0 saturated heterocycles. The lowest BCUT2D eigenvalue weighted by molar-refractivity contribution is -0.384. The van der Waals surface area contributed by atoms with E-state index in [1.165, 1.54) is 12.1 Å². The summed E-state index contributed by atoms with van der Waals surface area (Å²) < 4.78 is 5.74. The molecule has 0 spiro atoms. The molecule has 106 valence electrons. The number of hydrogen-bond donors (Lipinski definition) is 1. The summed E-state index contributed by atoms with van der Waals surface area (Å²) in [5.74, 6) is 0.889. The van der Waals surface area contributed by atoms with Crippen LogP contribution in [0.2, 0.25) is 0 Å². The van der Waals surface area contributed by atoms with Crippen LogP contribution in [0.5, 0.6) is 5.75 Å². The van der Waals surface area contributed by atoms with Crippen molar-refractivity contribution < 1.29 is 9.66 Å². The van der Waals surface area contributed by atoms with Gasteiger partial charge in [-0.2, -0.15) is 0 Å². The molecule has 19 heavy (non-hydrogen) atoms. The molecule has 0 aliphatic rings. The van der Waals surface area contributed by atoms with Gasteiger partial charge in [-0.05, 0) is 19.3 Å². The van der Waals surface area contributed by atoms with E-state index < -0.39 is 4.92 Å². The second-order valence-electron chi connectivity index (χ2n) is 4.97. The highest BCUT2D eigenvalue weighted by Crippen LogP contribution is 2.27. The predicted molar refractivity (Wildman–Crippen MR) is 76.8 cm³/mol. The second kappa shape index (κ2) is 6.97. The van der Waals surface area contributed by atoms with E-state index in [0.29, 0.717) is 11.7 Å². The lowest BCUT2D eigenvalue weighted by atomic mass is 10.1. The van der Waals surface area contributed by atoms with Gasteiger partial charge < -0.3 is 10.1 Å². The second-order valence-corrected chi connectivity index (χ2v) is 4.97. The Morgan fingerprint density at radius 1 is 1.32 bits per heavy atom. The van der Waals surface area contributed by atoms with E-state index in [4.69, 9.17) is 4.74 Å². The van der Waals surface area contributed by atoms with E-state index in [2.05, 4.69) is 19.2 Å². The summed E-state index contributed by atoms with van der Waals surface area (Å²) in [6.07, 6.45) is 0.974. The van der Waals surface area contributed by atoms with Crippen molar-refractivity contribution in [1.82, 2.24) is 0 Å². The molecule has 1 atom stereocenters. The number of nitro benzene ring substituents is 1. The van der Waals surface area contributed by atoms with Crippen LogP contribution in [0, 0.1) is 16.0 Å². The van der Waals surface area contributed by atoms with Gasteiger partial charge in [-0.1, -0.05) is 20.8 Å². The van der Waals surface area contributed by atoms with Crippen molar-refractivity contribution >= 4 is 11.4 Å². The van der Waals surface area contributed by atoms with Crippen LogP contribution in [-0.2, 0) is 0 Å². The third-order valence-corrected chi connectivity index (χ3v) is 2.94. The zero-order valence-corrected chi connectivity index (χ0v) is 12.0. The highest BCUT2D eigenvalue weighted by Gasteiger charge is 2.14. The molecule has 0 saturated carbocycles. The van der Waals surface area contributed by atoms with Crippen molar-refractivity contribution in [3.05, 3.63) is 28.3 Å². The largest absolute Gasteiger partial charge is 0.490 e. The molecule has 1 aromatic rings. The van der Waals surface area contributed by atoms with Crippen LogP contribution >= 0.6 is 0 Å². The number of nitrogens with one attached hydrogen (secondary N) is 1. The van der Waals surface area contributed by atoms with Gasteiger partial charge in [0, 0.05) is 24.4 Å². The van der Waals surface area contributed by atoms with E-state index in [1.54, 1.807) is 0 Å². The highest BCUT2D eigenvalue weighted by atomic mass is 16.6. The average molecular weight is 266 g/mol. The van der Waals surface area contributed by atoms with Crippen molar-refractivity contribution in [2.45, 2.75) is 40.2 Å². The van der Waals surface area contributed by atoms with Crippen LogP contribution in [0.25, 0.3) is 0 Å². The van der Waals surface area contributed by atoms with E-state index >= 15 is 0 Å². The minimum absolute atomic E-state index is 0.0148. The Morgan fingerprint density at radius 3 is 2.53 bits per heavy atom. The summed E-state index contributed by atoms with van der Waals surface area (Å²) in [4.78, 5) is 10.5. The van der Waals surface area contributed by atoms with Gasteiger partial charge in [-0.3, -0.25) is 10.1 Å². The Bertz CT molecular complexity index is 433. The first kappa shape index (κ1) is 15.3. The molecule has 1 rings (SSSR count). The van der Waals surface area contributed by atoms with Crippen LogP contribution in [0.1, 0.15) is 34.1 Å². The molecule has 0 heterocycles. The zero-order valence-electron chi connectivity index (χ0n) is 12.0. The number of benzene rings is 1. The number of non-ortho nitro benzene ring substituents is 1. The number of hydrogen-bond acceptors (Lipinski definition) is 4. The third kappa shape index (κ3) is 4.77. The fraction of sp³-hybridized carbons (Fsp3) is 0.571. The van der Waals surface area contributed by atoms with E-state index in [-0.39, 0.29) is 11.8 Å². The molecule has 5 nitrogen and oxygen atoms in total. The molecule has 1 N–H and O–H groups in total. The Balaban J connectivity index is 2.95. The smallest absolute Gasteiger partial charge is 0.275 e. The van der Waals surface area contributed by atoms with Gasteiger partial charge in [0.1, 0.15) is 5.75 Å². The molecule has 5 heteroatoms. The van der Waals surface area contributed by atoms with Gasteiger partial charge >= 0.3 is 0 Å². The molecule has 1 unspecified atom stereocenters. The van der Waals surface area contributed by atoms with Gasteiger partial charge in [0.2, 0.25) is 0 Å². The number of rotatable bonds is 7. The lowest BCUT2D eigenvalue weighted by Crippen LogP contribution is -2.18. The van der Waals surface area contributed by atoms with Crippen LogP contribution in [0.3, 0.4) is 0 Å². The Hall–Kier alpha value is -1.78. The van der Waals surface area contributed by atoms with Crippen LogP contribution in [0.4, 0.5) is 11.4 Å². The molecular weight excluding hydrogens is 244 g/mol. The fourth-order valence-corrected chi connectivity index (χ4v) is 1.48. The highest BCUT2D eigenvalue weighted by molar-refractivity contribution is 5.56. The van der Waals surface area contributed by atoms with Crippen LogP contribution in [-0.4, -0.2) is 17.6 Å². The molecule has 1 aromatic carbocycles. The van der Waals surface area contributed by atoms with Gasteiger partial charge in [0.05, 0.1) is 17.1 Å². The minimum Gasteiger partial charge on any atom is -0.490 e. The first-order valence-electron chi connectivity index (χ1n) is 6.64. The summed E-state index contributed by atoms with van der Waals surface area (Å²) in [6.45, 7) is 8.89. The quantitative estimate of drug-likeness (QED) is 0.601. The monoisotopic (exact) mass is 266 g/mol. The molecule has 0 amide bonds. The summed E-state index contributed by atoms with van der Waals surface area (Å²) in [5.41, 5.74) is 0.772. The lowest BCUT2D eigenvalue weighted by Gasteiger charge is -2.18. The standard InChI is InChI=1S/C14H22N2O3/c1-5-6-15-12-7-13(16(17)18)9-14(8-12)19-11(4)10(2)3/h7-11,15H,5-6H2,1-4H3. The minimum atomic E-state index is -0.399. The number of ether oxygens (including phenoxy) is 1. The maximum absolute atomic E-state index is 10.9. The number of anilines is 1. The molecular formula is C14H22N2O3. The van der Waals surface area contributed by atoms with Gasteiger partial charge in [-0.15, -0.1) is 0 Å². The molecule has 0 aromatic heterocycles. The number of nitro groups is 1. The molecule has 0 fully saturated rings. The molecule has 0 aliphatic heterocycles. The van der Waals surface area contributed by atoms with Gasteiger partial charge in [0.15, 0.2) is 0 Å². The van der Waals surface area contributed by atoms with Gasteiger partial charge in [0.25, 0.3) is 5.69 Å². The topological polar surface area (TPSA) is 64.4 Å². The van der Waals surface area contributed by atoms with Crippen molar-refractivity contribution in [2.24, 2.45) is 5.92 Å². The fourth-order valence-electron chi connectivity index (χ4n) is 1.48.